The lowest BCUT2D eigenvalue weighted by molar-refractivity contribution is 0.0838. The molecule has 152 valence electrons. The third kappa shape index (κ3) is 3.73. The highest BCUT2D eigenvalue weighted by atomic mass is 16.5. The molecule has 1 aliphatic rings. The van der Waals surface area contributed by atoms with Crippen molar-refractivity contribution in [2.75, 3.05) is 34.1 Å². The van der Waals surface area contributed by atoms with E-state index in [-0.39, 0.29) is 5.43 Å². The lowest BCUT2D eigenvalue weighted by Crippen LogP contribution is -2.33. The van der Waals surface area contributed by atoms with Crippen LogP contribution in [0.15, 0.2) is 45.6 Å². The van der Waals surface area contributed by atoms with Gasteiger partial charge in [0.2, 0.25) is 5.43 Å². The molecular weight excluding hydrogens is 370 g/mol. The van der Waals surface area contributed by atoms with Crippen molar-refractivity contribution in [3.63, 3.8) is 0 Å². The molecule has 3 aromatic rings. The van der Waals surface area contributed by atoms with Crippen molar-refractivity contribution in [1.29, 1.82) is 0 Å². The molecule has 0 unspecified atom stereocenters. The van der Waals surface area contributed by atoms with Gasteiger partial charge in [-0.1, -0.05) is 12.1 Å². The first-order valence-electron chi connectivity index (χ1n) is 9.70. The lowest BCUT2D eigenvalue weighted by atomic mass is 10.0. The Labute approximate surface area is 169 Å². The molecule has 6 nitrogen and oxygen atoms in total. The summed E-state index contributed by atoms with van der Waals surface area (Å²) >= 11 is 0. The summed E-state index contributed by atoms with van der Waals surface area (Å²) in [5, 5.41) is 0.572. The van der Waals surface area contributed by atoms with Crippen LogP contribution in [0.1, 0.15) is 17.7 Å². The molecule has 1 aliphatic heterocycles. The van der Waals surface area contributed by atoms with Gasteiger partial charge in [0.15, 0.2) is 0 Å². The largest absolute Gasteiger partial charge is 0.497 e. The number of nitrogens with zero attached hydrogens (tertiary/aromatic N) is 1. The highest BCUT2D eigenvalue weighted by Gasteiger charge is 2.23. The zero-order valence-corrected chi connectivity index (χ0v) is 17.0. The molecule has 2 heterocycles. The van der Waals surface area contributed by atoms with Crippen molar-refractivity contribution in [1.82, 2.24) is 4.90 Å². The van der Waals surface area contributed by atoms with E-state index in [0.29, 0.717) is 42.2 Å². The van der Waals surface area contributed by atoms with E-state index in [9.17, 15) is 4.79 Å². The predicted octanol–water partition coefficient (Wildman–Crippen LogP) is 3.97. The Hall–Kier alpha value is -2.83. The van der Waals surface area contributed by atoms with Crippen molar-refractivity contribution < 1.29 is 18.6 Å². The minimum atomic E-state index is -0.0341. The van der Waals surface area contributed by atoms with Crippen LogP contribution in [-0.2, 0) is 11.3 Å². The number of ether oxygens (including phenoxy) is 3. The summed E-state index contributed by atoms with van der Waals surface area (Å²) in [6, 6.07) is 11.1. The van der Waals surface area contributed by atoms with Gasteiger partial charge < -0.3 is 18.6 Å². The van der Waals surface area contributed by atoms with Gasteiger partial charge in [-0.3, -0.25) is 9.69 Å². The van der Waals surface area contributed by atoms with Gasteiger partial charge in [-0.2, -0.15) is 0 Å². The number of aryl methyl sites for hydroxylation is 1. The summed E-state index contributed by atoms with van der Waals surface area (Å²) < 4.78 is 22.5. The number of methoxy groups -OCH3 is 2. The van der Waals surface area contributed by atoms with Gasteiger partial charge in [0.05, 0.1) is 23.6 Å². The Bertz CT molecular complexity index is 1070. The van der Waals surface area contributed by atoms with Crippen molar-refractivity contribution in [2.24, 2.45) is 0 Å². The zero-order valence-electron chi connectivity index (χ0n) is 17.0. The average Bonchev–Trinajstić information content (AvgIpc) is 2.74. The molecule has 0 atom stereocenters. The summed E-state index contributed by atoms with van der Waals surface area (Å²) in [6.45, 7) is 4.60. The minimum Gasteiger partial charge on any atom is -0.497 e. The van der Waals surface area contributed by atoms with Gasteiger partial charge in [0.1, 0.15) is 29.6 Å². The van der Waals surface area contributed by atoms with Crippen molar-refractivity contribution in [3.8, 4) is 22.6 Å². The van der Waals surface area contributed by atoms with Crippen molar-refractivity contribution in [3.05, 3.63) is 57.9 Å². The molecule has 6 heteroatoms. The highest BCUT2D eigenvalue weighted by Crippen LogP contribution is 2.34. The molecule has 0 radical (unpaired) electrons. The van der Waals surface area contributed by atoms with Crippen LogP contribution in [-0.4, -0.2) is 39.0 Å². The van der Waals surface area contributed by atoms with Crippen LogP contribution in [0.25, 0.3) is 22.1 Å². The Morgan fingerprint density at radius 3 is 2.62 bits per heavy atom. The second-order valence-electron chi connectivity index (χ2n) is 7.18. The Morgan fingerprint density at radius 2 is 1.90 bits per heavy atom. The molecular formula is C23H25NO5. The fourth-order valence-electron chi connectivity index (χ4n) is 3.79. The van der Waals surface area contributed by atoms with E-state index in [1.165, 1.54) is 0 Å². The molecule has 0 saturated heterocycles. The van der Waals surface area contributed by atoms with Gasteiger partial charge in [0.25, 0.3) is 0 Å². The van der Waals surface area contributed by atoms with Crippen LogP contribution >= 0.6 is 0 Å². The molecule has 0 bridgehead atoms. The maximum atomic E-state index is 13.3. The normalized spacial score (nSPS) is 13.9. The third-order valence-corrected chi connectivity index (χ3v) is 5.28. The predicted molar refractivity (Wildman–Crippen MR) is 112 cm³/mol. The molecule has 0 amide bonds. The monoisotopic (exact) mass is 395 g/mol. The summed E-state index contributed by atoms with van der Waals surface area (Å²) in [4.78, 5) is 15.5. The Kier molecular flexibility index (Phi) is 5.56. The van der Waals surface area contributed by atoms with Crippen LogP contribution in [0.5, 0.6) is 11.5 Å². The smallest absolute Gasteiger partial charge is 0.200 e. The fourth-order valence-corrected chi connectivity index (χ4v) is 3.79. The van der Waals surface area contributed by atoms with Crippen molar-refractivity contribution in [2.45, 2.75) is 19.9 Å². The number of hydrogen-bond donors (Lipinski definition) is 0. The summed E-state index contributed by atoms with van der Waals surface area (Å²) in [5.41, 5.74) is 2.89. The van der Waals surface area contributed by atoms with Crippen LogP contribution in [0, 0.1) is 6.92 Å². The highest BCUT2D eigenvalue weighted by molar-refractivity contribution is 5.86. The summed E-state index contributed by atoms with van der Waals surface area (Å²) in [6.07, 6.45) is 0.921. The van der Waals surface area contributed by atoms with Crippen LogP contribution in [0.4, 0.5) is 0 Å². The SMILES string of the molecule is COCCCN1COc2ccc3c(=O)c(-c4ccc(OC)cc4)c(C)oc3c2C1. The van der Waals surface area contributed by atoms with Crippen LogP contribution < -0.4 is 14.9 Å². The van der Waals surface area contributed by atoms with E-state index in [4.69, 9.17) is 18.6 Å². The molecule has 0 spiro atoms. The number of hydrogen-bond acceptors (Lipinski definition) is 6. The number of benzene rings is 2. The first-order valence-corrected chi connectivity index (χ1v) is 9.70. The van der Waals surface area contributed by atoms with Crippen molar-refractivity contribution >= 4 is 11.0 Å². The van der Waals surface area contributed by atoms with E-state index in [1.54, 1.807) is 20.3 Å². The lowest BCUT2D eigenvalue weighted by Gasteiger charge is -2.29. The van der Waals surface area contributed by atoms with E-state index in [1.807, 2.05) is 37.3 Å². The quantitative estimate of drug-likeness (QED) is 0.589. The average molecular weight is 395 g/mol. The Morgan fingerprint density at radius 1 is 1.10 bits per heavy atom. The minimum absolute atomic E-state index is 0.0341. The molecule has 1 aromatic heterocycles. The second-order valence-corrected chi connectivity index (χ2v) is 7.18. The van der Waals surface area contributed by atoms with Crippen LogP contribution in [0.2, 0.25) is 0 Å². The summed E-state index contributed by atoms with van der Waals surface area (Å²) in [7, 11) is 3.32. The zero-order chi connectivity index (χ0) is 20.4. The van der Waals surface area contributed by atoms with E-state index < -0.39 is 0 Å². The maximum absolute atomic E-state index is 13.3. The fraction of sp³-hybridized carbons (Fsp3) is 0.348. The molecule has 0 saturated carbocycles. The molecule has 29 heavy (non-hydrogen) atoms. The molecule has 0 fully saturated rings. The molecule has 0 aliphatic carbocycles. The third-order valence-electron chi connectivity index (χ3n) is 5.28. The second kappa shape index (κ2) is 8.27. The topological polar surface area (TPSA) is 61.1 Å². The number of rotatable bonds is 6. The molecule has 4 rings (SSSR count). The van der Waals surface area contributed by atoms with Gasteiger partial charge in [-0.15, -0.1) is 0 Å². The van der Waals surface area contributed by atoms with Gasteiger partial charge in [-0.05, 0) is 43.2 Å². The van der Waals surface area contributed by atoms with Gasteiger partial charge in [0, 0.05) is 26.8 Å². The van der Waals surface area contributed by atoms with E-state index >= 15 is 0 Å². The van der Waals surface area contributed by atoms with Gasteiger partial charge in [-0.25, -0.2) is 0 Å². The number of fused-ring (bicyclic) bond motifs is 3. The van der Waals surface area contributed by atoms with Crippen LogP contribution in [0.3, 0.4) is 0 Å². The summed E-state index contributed by atoms with van der Waals surface area (Å²) in [5.74, 6) is 2.12. The molecule has 2 aromatic carbocycles. The molecule has 0 N–H and O–H groups in total. The Balaban J connectivity index is 1.75. The maximum Gasteiger partial charge on any atom is 0.200 e. The van der Waals surface area contributed by atoms with E-state index in [2.05, 4.69) is 4.90 Å². The van der Waals surface area contributed by atoms with E-state index in [0.717, 1.165) is 35.6 Å². The first kappa shape index (κ1) is 19.5. The standard InChI is InChI=1S/C23H25NO5/c1-15-21(16-5-7-17(27-3)8-6-16)22(25)18-9-10-20-19(23(18)29-15)13-24(14-28-20)11-4-12-26-2/h5-10H,4,11-14H2,1-3H3. The van der Waals surface area contributed by atoms with Gasteiger partial charge >= 0.3 is 0 Å². The first-order chi connectivity index (χ1) is 14.1.